The van der Waals surface area contributed by atoms with Crippen LogP contribution in [0.1, 0.15) is 104 Å². The van der Waals surface area contributed by atoms with Gasteiger partial charge in [-0.3, -0.25) is 0 Å². The predicted octanol–water partition coefficient (Wildman–Crippen LogP) is 13.6. The average Bonchev–Trinajstić information content (AvgIpc) is 2.94. The number of hydrogen-bond donors (Lipinski definition) is 2. The molecule has 0 aliphatic carbocycles. The Morgan fingerprint density at radius 1 is 0.438 bits per heavy atom. The Morgan fingerprint density at radius 2 is 0.771 bits per heavy atom. The van der Waals surface area contributed by atoms with Crippen LogP contribution in [0.2, 0.25) is 0 Å². The Labute approximate surface area is 288 Å². The van der Waals surface area contributed by atoms with Gasteiger partial charge in [0.2, 0.25) is 0 Å². The normalized spacial score (nSPS) is 13.2. The number of hydrogen-bond acceptors (Lipinski definition) is 6. The first-order valence-electron chi connectivity index (χ1n) is 16.9. The number of nitrogens with zero attached hydrogens (tertiary/aromatic N) is 4. The van der Waals surface area contributed by atoms with E-state index in [-0.39, 0.29) is 33.2 Å². The van der Waals surface area contributed by atoms with Gasteiger partial charge in [-0.1, -0.05) is 93.5 Å². The van der Waals surface area contributed by atoms with Crippen LogP contribution in [0.5, 0.6) is 11.5 Å². The highest BCUT2D eigenvalue weighted by Gasteiger charge is 2.29. The molecule has 0 atom stereocenters. The van der Waals surface area contributed by atoms with Crippen LogP contribution in [0.4, 0.5) is 22.7 Å². The number of benzene rings is 4. The van der Waals surface area contributed by atoms with Crippen molar-refractivity contribution in [3.8, 4) is 22.6 Å². The predicted molar refractivity (Wildman–Crippen MR) is 200 cm³/mol. The van der Waals surface area contributed by atoms with E-state index in [4.69, 9.17) is 0 Å². The molecular weight excluding hydrogens is 592 g/mol. The summed E-state index contributed by atoms with van der Waals surface area (Å²) in [6, 6.07) is 23.4. The smallest absolute Gasteiger partial charge is 0.143 e. The minimum Gasteiger partial charge on any atom is -0.506 e. The summed E-state index contributed by atoms with van der Waals surface area (Å²) in [4.78, 5) is 0. The lowest BCUT2D eigenvalue weighted by atomic mass is 9.72. The lowest BCUT2D eigenvalue weighted by molar-refractivity contribution is 0.283. The fourth-order valence-electron chi connectivity index (χ4n) is 7.01. The number of phenolic OH excluding ortho intramolecular Hbond substituents is 2. The third-order valence-electron chi connectivity index (χ3n) is 8.72. The lowest BCUT2D eigenvalue weighted by Crippen LogP contribution is -2.24. The van der Waals surface area contributed by atoms with Crippen molar-refractivity contribution in [2.75, 3.05) is 0 Å². The standard InChI is InChI=1S/C42H54N4O2/c1-27-21-29(13-17-33(27)43-45-35-23-31(15-19-37(35)47)41(9,10)25-39(3,4)5)30-14-18-34(28(2)22-30)44-46-36-24-32(16-20-38(36)48)42(11,12)26-40(6,7)8/h13-24,47-48H,25-26H2,1-12H3. The van der Waals surface area contributed by atoms with Crippen LogP contribution in [0.15, 0.2) is 93.3 Å². The SMILES string of the molecule is Cc1cc(-c2ccc(N=Nc3cc(C(C)(C)CC(C)(C)C)ccc3O)c(C)c2)ccc1N=Nc1cc(C(C)(C)CC(C)(C)C)ccc1O. The van der Waals surface area contributed by atoms with Crippen LogP contribution in [-0.2, 0) is 10.8 Å². The van der Waals surface area contributed by atoms with Crippen molar-refractivity contribution in [1.29, 1.82) is 0 Å². The van der Waals surface area contributed by atoms with Gasteiger partial charge in [0, 0.05) is 0 Å². The van der Waals surface area contributed by atoms with E-state index in [1.54, 1.807) is 12.1 Å². The van der Waals surface area contributed by atoms with Gasteiger partial charge in [0.25, 0.3) is 0 Å². The van der Waals surface area contributed by atoms with Gasteiger partial charge in [-0.05, 0) is 130 Å². The van der Waals surface area contributed by atoms with E-state index in [1.807, 2.05) is 62.4 Å². The molecular formula is C42H54N4O2. The van der Waals surface area contributed by atoms with Gasteiger partial charge < -0.3 is 10.2 Å². The van der Waals surface area contributed by atoms with Crippen LogP contribution < -0.4 is 0 Å². The number of aryl methyl sites for hydroxylation is 2. The Morgan fingerprint density at radius 3 is 1.08 bits per heavy atom. The minimum absolute atomic E-state index is 0.0706. The number of rotatable bonds is 9. The summed E-state index contributed by atoms with van der Waals surface area (Å²) in [5.74, 6) is 0.228. The summed E-state index contributed by atoms with van der Waals surface area (Å²) in [5.41, 5.74) is 8.93. The van der Waals surface area contributed by atoms with Crippen molar-refractivity contribution >= 4 is 22.7 Å². The van der Waals surface area contributed by atoms with Gasteiger partial charge in [-0.25, -0.2) is 0 Å². The number of phenols is 2. The molecule has 48 heavy (non-hydrogen) atoms. The van der Waals surface area contributed by atoms with E-state index in [2.05, 4.69) is 102 Å². The van der Waals surface area contributed by atoms with Gasteiger partial charge in [0.15, 0.2) is 0 Å². The first-order chi connectivity index (χ1) is 22.1. The maximum atomic E-state index is 10.5. The summed E-state index contributed by atoms with van der Waals surface area (Å²) in [5, 5.41) is 39.0. The molecule has 6 nitrogen and oxygen atoms in total. The average molecular weight is 647 g/mol. The molecule has 0 amide bonds. The van der Waals surface area contributed by atoms with Crippen molar-refractivity contribution < 1.29 is 10.2 Å². The molecule has 0 bridgehead atoms. The van der Waals surface area contributed by atoms with E-state index >= 15 is 0 Å². The molecule has 4 aromatic rings. The van der Waals surface area contributed by atoms with Gasteiger partial charge in [-0.15, -0.1) is 10.2 Å². The summed E-state index contributed by atoms with van der Waals surface area (Å²) in [6.07, 6.45) is 2.00. The van der Waals surface area contributed by atoms with E-state index in [9.17, 15) is 10.2 Å². The molecule has 2 N–H and O–H groups in total. The third kappa shape index (κ3) is 9.40. The highest BCUT2D eigenvalue weighted by Crippen LogP contribution is 2.42. The zero-order valence-corrected chi connectivity index (χ0v) is 31.0. The lowest BCUT2D eigenvalue weighted by Gasteiger charge is -2.33. The van der Waals surface area contributed by atoms with Crippen LogP contribution in [0.3, 0.4) is 0 Å². The van der Waals surface area contributed by atoms with Gasteiger partial charge in [0.05, 0.1) is 11.4 Å². The van der Waals surface area contributed by atoms with Crippen LogP contribution >= 0.6 is 0 Å². The Hall–Kier alpha value is -4.32. The van der Waals surface area contributed by atoms with Crippen LogP contribution in [0, 0.1) is 24.7 Å². The van der Waals surface area contributed by atoms with E-state index in [0.717, 1.165) is 57.6 Å². The molecule has 4 aromatic carbocycles. The Kier molecular flexibility index (Phi) is 10.4. The summed E-state index contributed by atoms with van der Waals surface area (Å²) in [6.45, 7) is 26.4. The van der Waals surface area contributed by atoms with Crippen molar-refractivity contribution in [1.82, 2.24) is 0 Å². The van der Waals surface area contributed by atoms with Crippen LogP contribution in [-0.4, -0.2) is 10.2 Å². The van der Waals surface area contributed by atoms with E-state index in [0.29, 0.717) is 11.4 Å². The molecule has 6 heteroatoms. The third-order valence-corrected chi connectivity index (χ3v) is 8.72. The molecule has 0 heterocycles. The van der Waals surface area contributed by atoms with Crippen LogP contribution in [0.25, 0.3) is 11.1 Å². The molecule has 254 valence electrons. The largest absolute Gasteiger partial charge is 0.506 e. The molecule has 0 aliphatic rings. The zero-order valence-electron chi connectivity index (χ0n) is 31.0. The van der Waals surface area contributed by atoms with E-state index in [1.165, 1.54) is 0 Å². The number of azo groups is 2. The summed E-state index contributed by atoms with van der Waals surface area (Å²) in [7, 11) is 0. The quantitative estimate of drug-likeness (QED) is 0.177. The second kappa shape index (κ2) is 13.7. The first kappa shape index (κ1) is 36.5. The number of aromatic hydroxyl groups is 2. The van der Waals surface area contributed by atoms with Crippen molar-refractivity contribution in [3.63, 3.8) is 0 Å². The maximum Gasteiger partial charge on any atom is 0.143 e. The monoisotopic (exact) mass is 646 g/mol. The first-order valence-corrected chi connectivity index (χ1v) is 16.9. The van der Waals surface area contributed by atoms with E-state index < -0.39 is 0 Å². The molecule has 4 rings (SSSR count). The molecule has 0 aromatic heterocycles. The van der Waals surface area contributed by atoms with Crippen molar-refractivity contribution in [3.05, 3.63) is 95.1 Å². The zero-order chi connectivity index (χ0) is 35.7. The molecule has 0 spiro atoms. The molecule has 0 saturated heterocycles. The Balaban J connectivity index is 1.53. The van der Waals surface area contributed by atoms with Crippen molar-refractivity contribution in [2.24, 2.45) is 31.3 Å². The summed E-state index contributed by atoms with van der Waals surface area (Å²) >= 11 is 0. The fourth-order valence-corrected chi connectivity index (χ4v) is 7.01. The van der Waals surface area contributed by atoms with Crippen molar-refractivity contribution in [2.45, 2.75) is 107 Å². The molecule has 0 aliphatic heterocycles. The van der Waals surface area contributed by atoms with Gasteiger partial charge >= 0.3 is 0 Å². The Bertz CT molecular complexity index is 1700. The fraction of sp³-hybridized carbons (Fsp3) is 0.429. The highest BCUT2D eigenvalue weighted by atomic mass is 16.3. The highest BCUT2D eigenvalue weighted by molar-refractivity contribution is 5.70. The molecule has 0 unspecified atom stereocenters. The molecule has 0 radical (unpaired) electrons. The second-order valence-electron chi connectivity index (χ2n) is 17.1. The molecule has 0 saturated carbocycles. The molecule has 0 fully saturated rings. The van der Waals surface area contributed by atoms with Gasteiger partial charge in [-0.2, -0.15) is 10.2 Å². The summed E-state index contributed by atoms with van der Waals surface area (Å²) < 4.78 is 0. The second-order valence-corrected chi connectivity index (χ2v) is 17.1. The van der Waals surface area contributed by atoms with Gasteiger partial charge in [0.1, 0.15) is 22.9 Å². The maximum absolute atomic E-state index is 10.5. The minimum atomic E-state index is -0.0706. The topological polar surface area (TPSA) is 89.9 Å².